The molecule has 1 rings (SSSR count). The highest BCUT2D eigenvalue weighted by atomic mass is 32.1. The monoisotopic (exact) mass is 168 g/mol. The van der Waals surface area contributed by atoms with E-state index in [0.717, 1.165) is 4.88 Å². The van der Waals surface area contributed by atoms with Crippen LogP contribution in [0.5, 0.6) is 0 Å². The first-order chi connectivity index (χ1) is 5.24. The molecule has 2 N–H and O–H groups in total. The smallest absolute Gasteiger partial charge is 0.104 e. The van der Waals surface area contributed by atoms with Crippen LogP contribution < -0.4 is 5.73 Å². The van der Waals surface area contributed by atoms with Gasteiger partial charge in [-0.2, -0.15) is 5.26 Å². The van der Waals surface area contributed by atoms with E-state index in [-0.39, 0.29) is 0 Å². The summed E-state index contributed by atoms with van der Waals surface area (Å²) >= 11 is 1.45. The fourth-order valence-corrected chi connectivity index (χ4v) is 1.36. The zero-order valence-corrected chi connectivity index (χ0v) is 7.83. The van der Waals surface area contributed by atoms with Crippen molar-refractivity contribution in [3.8, 4) is 6.07 Å². The molecule has 0 radical (unpaired) electrons. The molecule has 0 aliphatic carbocycles. The average Bonchev–Trinajstić information content (AvgIpc) is 2.33. The number of nitrogens with two attached hydrogens (primary N) is 1. The Morgan fingerprint density at radius 2 is 2.09 bits per heavy atom. The van der Waals surface area contributed by atoms with Crippen molar-refractivity contribution in [3.05, 3.63) is 16.5 Å². The summed E-state index contributed by atoms with van der Waals surface area (Å²) in [5.41, 5.74) is 6.04. The minimum absolute atomic E-state index is 0.595. The maximum Gasteiger partial charge on any atom is 0.104 e. The van der Waals surface area contributed by atoms with E-state index in [2.05, 4.69) is 0 Å². The van der Waals surface area contributed by atoms with Crippen molar-refractivity contribution in [2.75, 3.05) is 5.73 Å². The second kappa shape index (κ2) is 4.75. The van der Waals surface area contributed by atoms with E-state index >= 15 is 0 Å². The summed E-state index contributed by atoms with van der Waals surface area (Å²) in [5, 5.41) is 9.03. The molecule has 0 bridgehead atoms. The van der Waals surface area contributed by atoms with Crippen LogP contribution in [-0.4, -0.2) is 0 Å². The highest BCUT2D eigenvalue weighted by Gasteiger charge is 1.99. The van der Waals surface area contributed by atoms with Crippen molar-refractivity contribution in [3.63, 3.8) is 0 Å². The molecule has 0 spiro atoms. The van der Waals surface area contributed by atoms with E-state index in [1.165, 1.54) is 11.3 Å². The van der Waals surface area contributed by atoms with Crippen molar-refractivity contribution in [2.24, 2.45) is 0 Å². The highest BCUT2D eigenvalue weighted by Crippen LogP contribution is 2.22. The van der Waals surface area contributed by atoms with Crippen LogP contribution in [0.2, 0.25) is 0 Å². The van der Waals surface area contributed by atoms with Gasteiger partial charge in [0.15, 0.2) is 0 Å². The maximum atomic E-state index is 8.41. The first-order valence-corrected chi connectivity index (χ1v) is 4.31. The molecule has 0 aliphatic heterocycles. The molecule has 0 atom stereocenters. The molecule has 0 saturated carbocycles. The lowest BCUT2D eigenvalue weighted by Crippen LogP contribution is -1.80. The van der Waals surface area contributed by atoms with Gasteiger partial charge in [0.05, 0.1) is 5.56 Å². The van der Waals surface area contributed by atoms with Gasteiger partial charge in [0, 0.05) is 4.88 Å². The van der Waals surface area contributed by atoms with Gasteiger partial charge < -0.3 is 5.73 Å². The molecule has 0 fully saturated rings. The number of nitrogens with zero attached hydrogens (tertiary/aromatic N) is 1. The number of hydrogen-bond donors (Lipinski definition) is 1. The van der Waals surface area contributed by atoms with E-state index in [9.17, 15) is 0 Å². The largest absolute Gasteiger partial charge is 0.389 e. The van der Waals surface area contributed by atoms with E-state index in [1.807, 2.05) is 26.8 Å². The Hall–Kier alpha value is -1.01. The molecule has 0 aromatic carbocycles. The van der Waals surface area contributed by atoms with Crippen molar-refractivity contribution in [1.29, 1.82) is 5.26 Å². The van der Waals surface area contributed by atoms with Crippen molar-refractivity contribution >= 4 is 16.3 Å². The summed E-state index contributed by atoms with van der Waals surface area (Å²) in [6.07, 6.45) is 0. The average molecular weight is 168 g/mol. The van der Waals surface area contributed by atoms with Crippen LogP contribution in [0, 0.1) is 18.3 Å². The molecule has 0 aliphatic rings. The number of aryl methyl sites for hydroxylation is 1. The van der Waals surface area contributed by atoms with Gasteiger partial charge in [-0.3, -0.25) is 0 Å². The zero-order chi connectivity index (χ0) is 8.85. The van der Waals surface area contributed by atoms with Gasteiger partial charge in [-0.25, -0.2) is 0 Å². The van der Waals surface area contributed by atoms with Gasteiger partial charge in [-0.05, 0) is 13.0 Å². The molecule has 1 aromatic heterocycles. The number of rotatable bonds is 0. The molecule has 0 amide bonds. The first kappa shape index (κ1) is 9.99. The molecule has 0 unspecified atom stereocenters. The van der Waals surface area contributed by atoms with Crippen LogP contribution in [0.25, 0.3) is 0 Å². The second-order valence-corrected chi connectivity index (χ2v) is 3.03. The van der Waals surface area contributed by atoms with Crippen molar-refractivity contribution < 1.29 is 0 Å². The summed E-state index contributed by atoms with van der Waals surface area (Å²) in [5.74, 6) is 0. The SMILES string of the molecule is CC.Cc1cc(C#N)c(N)s1. The molecule has 2 nitrogen and oxygen atoms in total. The topological polar surface area (TPSA) is 49.8 Å². The predicted molar refractivity (Wildman–Crippen MR) is 49.5 cm³/mol. The van der Waals surface area contributed by atoms with Crippen LogP contribution in [-0.2, 0) is 0 Å². The van der Waals surface area contributed by atoms with Crippen LogP contribution in [0.15, 0.2) is 6.07 Å². The van der Waals surface area contributed by atoms with Crippen LogP contribution >= 0.6 is 11.3 Å². The minimum Gasteiger partial charge on any atom is -0.389 e. The molecule has 0 saturated heterocycles. The maximum absolute atomic E-state index is 8.41. The number of nitrogen functional groups attached to an aromatic ring is 1. The Bertz CT molecular complexity index is 258. The Morgan fingerprint density at radius 3 is 2.27 bits per heavy atom. The molecule has 11 heavy (non-hydrogen) atoms. The predicted octanol–water partition coefficient (Wildman–Crippen LogP) is 2.54. The Balaban J connectivity index is 0.000000461. The fraction of sp³-hybridized carbons (Fsp3) is 0.375. The van der Waals surface area contributed by atoms with Gasteiger partial charge in [0.1, 0.15) is 11.1 Å². The summed E-state index contributed by atoms with van der Waals surface area (Å²) < 4.78 is 0. The highest BCUT2D eigenvalue weighted by molar-refractivity contribution is 7.16. The number of thiophene rings is 1. The van der Waals surface area contributed by atoms with Gasteiger partial charge >= 0.3 is 0 Å². The Kier molecular flexibility index (Phi) is 4.32. The molecular formula is C8H12N2S. The van der Waals surface area contributed by atoms with E-state index in [0.29, 0.717) is 10.6 Å². The number of hydrogen-bond acceptors (Lipinski definition) is 3. The Morgan fingerprint density at radius 1 is 1.55 bits per heavy atom. The lowest BCUT2D eigenvalue weighted by atomic mass is 10.3. The van der Waals surface area contributed by atoms with Gasteiger partial charge in [-0.15, -0.1) is 11.3 Å². The van der Waals surface area contributed by atoms with Gasteiger partial charge in [-0.1, -0.05) is 13.8 Å². The third kappa shape index (κ3) is 2.60. The van der Waals surface area contributed by atoms with Crippen molar-refractivity contribution in [2.45, 2.75) is 20.8 Å². The second-order valence-electron chi connectivity index (χ2n) is 1.75. The Labute approximate surface area is 71.3 Å². The van der Waals surface area contributed by atoms with E-state index in [4.69, 9.17) is 11.0 Å². The standard InChI is InChI=1S/C6H6N2S.C2H6/c1-4-2-5(3-7)6(8)9-4;1-2/h2H,8H2,1H3;1-2H3. The molecule has 60 valence electrons. The fourth-order valence-electron chi connectivity index (χ4n) is 0.620. The minimum atomic E-state index is 0.595. The lowest BCUT2D eigenvalue weighted by Gasteiger charge is -1.78. The van der Waals surface area contributed by atoms with Crippen LogP contribution in [0.4, 0.5) is 5.00 Å². The number of nitriles is 1. The van der Waals surface area contributed by atoms with Crippen LogP contribution in [0.1, 0.15) is 24.3 Å². The molecular weight excluding hydrogens is 156 g/mol. The quantitative estimate of drug-likeness (QED) is 0.647. The summed E-state index contributed by atoms with van der Waals surface area (Å²) in [7, 11) is 0. The summed E-state index contributed by atoms with van der Waals surface area (Å²) in [6, 6.07) is 3.79. The third-order valence-corrected chi connectivity index (χ3v) is 1.88. The zero-order valence-electron chi connectivity index (χ0n) is 7.01. The van der Waals surface area contributed by atoms with Crippen LogP contribution in [0.3, 0.4) is 0 Å². The number of anilines is 1. The summed E-state index contributed by atoms with van der Waals surface area (Å²) in [6.45, 7) is 5.93. The lowest BCUT2D eigenvalue weighted by molar-refractivity contribution is 1.50. The van der Waals surface area contributed by atoms with E-state index in [1.54, 1.807) is 6.07 Å². The molecule has 3 heteroatoms. The molecule has 1 aromatic rings. The molecule has 1 heterocycles. The third-order valence-electron chi connectivity index (χ3n) is 1.00. The van der Waals surface area contributed by atoms with Gasteiger partial charge in [0.2, 0.25) is 0 Å². The van der Waals surface area contributed by atoms with Crippen molar-refractivity contribution in [1.82, 2.24) is 0 Å². The van der Waals surface area contributed by atoms with Gasteiger partial charge in [0.25, 0.3) is 0 Å². The van der Waals surface area contributed by atoms with E-state index < -0.39 is 0 Å². The first-order valence-electron chi connectivity index (χ1n) is 3.50. The normalized spacial score (nSPS) is 7.82. The summed E-state index contributed by atoms with van der Waals surface area (Å²) in [4.78, 5) is 1.09.